The molecule has 0 amide bonds. The SMILES string of the molecule is CC1(C)C=C(/C=C\C2=CC(C)(C)C=C(CCCC(C)(C)C(=O)O)C2O)C(O)C(CCCC(C)(C)C(=O)O)=C1. The fraction of sp³-hybridized carbons (Fsp3) is 0.625. The van der Waals surface area contributed by atoms with E-state index in [4.69, 9.17) is 0 Å². The minimum absolute atomic E-state index is 0.266. The Balaban J connectivity index is 2.15. The van der Waals surface area contributed by atoms with Crippen LogP contribution >= 0.6 is 0 Å². The average molecular weight is 529 g/mol. The lowest BCUT2D eigenvalue weighted by molar-refractivity contribution is -0.148. The predicted octanol–water partition coefficient (Wildman–Crippen LogP) is 6.61. The Bertz CT molecular complexity index is 978. The smallest absolute Gasteiger partial charge is 0.309 e. The number of rotatable bonds is 12. The van der Waals surface area contributed by atoms with E-state index in [0.717, 1.165) is 22.3 Å². The Labute approximate surface area is 228 Å². The van der Waals surface area contributed by atoms with E-state index in [1.54, 1.807) is 27.7 Å². The molecule has 212 valence electrons. The molecule has 0 aromatic heterocycles. The summed E-state index contributed by atoms with van der Waals surface area (Å²) in [5.74, 6) is -1.64. The van der Waals surface area contributed by atoms with Crippen molar-refractivity contribution in [2.24, 2.45) is 21.7 Å². The van der Waals surface area contributed by atoms with Crippen molar-refractivity contribution in [2.45, 2.75) is 106 Å². The van der Waals surface area contributed by atoms with Crippen molar-refractivity contribution in [1.82, 2.24) is 0 Å². The van der Waals surface area contributed by atoms with Crippen molar-refractivity contribution >= 4 is 11.9 Å². The van der Waals surface area contributed by atoms with Crippen LogP contribution in [0.5, 0.6) is 0 Å². The van der Waals surface area contributed by atoms with Gasteiger partial charge in [0.05, 0.1) is 23.0 Å². The lowest BCUT2D eigenvalue weighted by Crippen LogP contribution is -2.26. The lowest BCUT2D eigenvalue weighted by Gasteiger charge is -2.31. The fourth-order valence-electron chi connectivity index (χ4n) is 5.21. The van der Waals surface area contributed by atoms with Crippen LogP contribution in [0.25, 0.3) is 0 Å². The van der Waals surface area contributed by atoms with Crippen LogP contribution in [0.15, 0.2) is 58.7 Å². The van der Waals surface area contributed by atoms with Crippen LogP contribution < -0.4 is 0 Å². The Morgan fingerprint density at radius 1 is 0.711 bits per heavy atom. The first-order valence-electron chi connectivity index (χ1n) is 13.7. The number of aliphatic hydroxyl groups is 2. The quantitative estimate of drug-likeness (QED) is 0.212. The second kappa shape index (κ2) is 11.7. The van der Waals surface area contributed by atoms with Gasteiger partial charge in [0.25, 0.3) is 0 Å². The molecular weight excluding hydrogens is 480 g/mol. The maximum atomic E-state index is 11.4. The Morgan fingerprint density at radius 2 is 1.03 bits per heavy atom. The van der Waals surface area contributed by atoms with Crippen LogP contribution in [0.4, 0.5) is 0 Å². The zero-order valence-corrected chi connectivity index (χ0v) is 24.5. The maximum absolute atomic E-state index is 11.4. The molecule has 0 aromatic carbocycles. The largest absolute Gasteiger partial charge is 0.481 e. The zero-order valence-electron chi connectivity index (χ0n) is 24.5. The summed E-state index contributed by atoms with van der Waals surface area (Å²) >= 11 is 0. The number of carbonyl (C=O) groups is 2. The van der Waals surface area contributed by atoms with Crippen molar-refractivity contribution < 1.29 is 30.0 Å². The fourth-order valence-corrected chi connectivity index (χ4v) is 5.21. The second-order valence-corrected chi connectivity index (χ2v) is 13.6. The number of aliphatic hydroxyl groups excluding tert-OH is 2. The molecule has 6 nitrogen and oxygen atoms in total. The molecule has 2 aliphatic carbocycles. The van der Waals surface area contributed by atoms with Gasteiger partial charge in [-0.15, -0.1) is 0 Å². The third-order valence-electron chi connectivity index (χ3n) is 7.69. The van der Waals surface area contributed by atoms with E-state index in [1.807, 2.05) is 24.3 Å². The van der Waals surface area contributed by atoms with Crippen LogP contribution in [0, 0.1) is 21.7 Å². The van der Waals surface area contributed by atoms with Crippen molar-refractivity contribution in [1.29, 1.82) is 0 Å². The highest BCUT2D eigenvalue weighted by Gasteiger charge is 2.31. The molecule has 0 radical (unpaired) electrons. The van der Waals surface area contributed by atoms with E-state index in [1.165, 1.54) is 0 Å². The van der Waals surface area contributed by atoms with Gasteiger partial charge in [-0.2, -0.15) is 0 Å². The molecule has 6 heteroatoms. The monoisotopic (exact) mass is 528 g/mol. The second-order valence-electron chi connectivity index (χ2n) is 13.6. The molecule has 0 bridgehead atoms. The minimum atomic E-state index is -0.819. The molecule has 2 unspecified atom stereocenters. The molecule has 0 spiro atoms. The molecular formula is C32H48O6. The third-order valence-corrected chi connectivity index (χ3v) is 7.69. The summed E-state index contributed by atoms with van der Waals surface area (Å²) < 4.78 is 0. The van der Waals surface area contributed by atoms with Gasteiger partial charge >= 0.3 is 11.9 Å². The summed E-state index contributed by atoms with van der Waals surface area (Å²) in [7, 11) is 0. The number of carboxylic acid groups (broad SMARTS) is 2. The summed E-state index contributed by atoms with van der Waals surface area (Å²) in [6, 6.07) is 0. The molecule has 4 N–H and O–H groups in total. The van der Waals surface area contributed by atoms with E-state index in [-0.39, 0.29) is 10.8 Å². The first-order valence-corrected chi connectivity index (χ1v) is 13.7. The van der Waals surface area contributed by atoms with Gasteiger partial charge in [-0.25, -0.2) is 0 Å². The van der Waals surface area contributed by atoms with E-state index < -0.39 is 35.0 Å². The topological polar surface area (TPSA) is 115 Å². The molecule has 2 aliphatic rings. The molecule has 2 atom stereocenters. The van der Waals surface area contributed by atoms with Crippen molar-refractivity contribution in [2.75, 3.05) is 0 Å². The van der Waals surface area contributed by atoms with E-state index in [0.29, 0.717) is 38.5 Å². The number of aliphatic carboxylic acids is 2. The van der Waals surface area contributed by atoms with Crippen molar-refractivity contribution in [3.63, 3.8) is 0 Å². The van der Waals surface area contributed by atoms with Gasteiger partial charge in [-0.3, -0.25) is 9.59 Å². The van der Waals surface area contributed by atoms with Crippen LogP contribution in [0.1, 0.15) is 93.9 Å². The maximum Gasteiger partial charge on any atom is 0.309 e. The van der Waals surface area contributed by atoms with Gasteiger partial charge < -0.3 is 20.4 Å². The van der Waals surface area contributed by atoms with Crippen LogP contribution in [0.3, 0.4) is 0 Å². The molecule has 0 aromatic rings. The summed E-state index contributed by atoms with van der Waals surface area (Å²) in [4.78, 5) is 22.9. The number of allylic oxidation sites excluding steroid dienone is 4. The van der Waals surface area contributed by atoms with E-state index in [2.05, 4.69) is 39.8 Å². The van der Waals surface area contributed by atoms with Gasteiger partial charge in [0.1, 0.15) is 0 Å². The first kappa shape index (κ1) is 31.8. The first-order chi connectivity index (χ1) is 17.3. The van der Waals surface area contributed by atoms with Gasteiger partial charge in [0.15, 0.2) is 0 Å². The van der Waals surface area contributed by atoms with Gasteiger partial charge in [0, 0.05) is 10.8 Å². The van der Waals surface area contributed by atoms with Gasteiger partial charge in [-0.1, -0.05) is 64.2 Å². The van der Waals surface area contributed by atoms with Gasteiger partial charge in [0.2, 0.25) is 0 Å². The normalized spacial score (nSPS) is 23.4. The molecule has 0 heterocycles. The summed E-state index contributed by atoms with van der Waals surface area (Å²) in [5.41, 5.74) is 1.15. The molecule has 0 aliphatic heterocycles. The molecule has 38 heavy (non-hydrogen) atoms. The van der Waals surface area contributed by atoms with Gasteiger partial charge in [-0.05, 0) is 88.5 Å². The average Bonchev–Trinajstić information content (AvgIpc) is 2.76. The van der Waals surface area contributed by atoms with Crippen LogP contribution in [-0.2, 0) is 9.59 Å². The third kappa shape index (κ3) is 8.54. The highest BCUT2D eigenvalue weighted by molar-refractivity contribution is 5.73. The zero-order chi connectivity index (χ0) is 29.1. The Kier molecular flexibility index (Phi) is 9.82. The molecule has 0 fully saturated rings. The van der Waals surface area contributed by atoms with Crippen molar-refractivity contribution in [3.05, 3.63) is 58.7 Å². The number of hydrogen-bond acceptors (Lipinski definition) is 4. The van der Waals surface area contributed by atoms with Crippen LogP contribution in [-0.4, -0.2) is 44.6 Å². The molecule has 2 rings (SSSR count). The summed E-state index contributed by atoms with van der Waals surface area (Å²) in [6.07, 6.45) is 14.0. The molecule has 0 saturated heterocycles. The highest BCUT2D eigenvalue weighted by atomic mass is 16.4. The van der Waals surface area contributed by atoms with E-state index in [9.17, 15) is 30.0 Å². The minimum Gasteiger partial charge on any atom is -0.481 e. The predicted molar refractivity (Wildman–Crippen MR) is 152 cm³/mol. The van der Waals surface area contributed by atoms with Crippen molar-refractivity contribution in [3.8, 4) is 0 Å². The number of hydrogen-bond donors (Lipinski definition) is 4. The lowest BCUT2D eigenvalue weighted by atomic mass is 9.76. The summed E-state index contributed by atoms with van der Waals surface area (Å²) in [6.45, 7) is 15.2. The standard InChI is InChI=1S/C32H48O6/c1-29(2)17-21(11-9-15-31(5,6)27(35)36)25(33)23(19-29)13-14-24-20-30(3,4)18-22(26(24)34)12-10-16-32(7,8)28(37)38/h13-14,17-20,25-26,33-34H,9-12,15-16H2,1-8H3,(H,35,36)(H,37,38)/b14-13-. The Hall–Kier alpha value is -2.44. The highest BCUT2D eigenvalue weighted by Crippen LogP contribution is 2.38. The Morgan fingerprint density at radius 3 is 1.32 bits per heavy atom. The van der Waals surface area contributed by atoms with E-state index >= 15 is 0 Å². The number of carboxylic acids is 2. The summed E-state index contributed by atoms with van der Waals surface area (Å²) in [5, 5.41) is 41.1. The molecule has 0 saturated carbocycles. The van der Waals surface area contributed by atoms with Crippen LogP contribution in [0.2, 0.25) is 0 Å².